The van der Waals surface area contributed by atoms with E-state index in [0.717, 1.165) is 28.1 Å². The first-order valence-corrected chi connectivity index (χ1v) is 10.7. The van der Waals surface area contributed by atoms with E-state index in [2.05, 4.69) is 15.5 Å². The molecule has 4 rings (SSSR count). The minimum absolute atomic E-state index is 0.276. The van der Waals surface area contributed by atoms with Crippen molar-refractivity contribution in [3.63, 3.8) is 0 Å². The summed E-state index contributed by atoms with van der Waals surface area (Å²) in [7, 11) is 3.05. The Hall–Kier alpha value is -4.14. The molecule has 1 aliphatic heterocycles. The lowest BCUT2D eigenvalue weighted by Gasteiger charge is -2.35. The van der Waals surface area contributed by atoms with Crippen LogP contribution in [0.15, 0.2) is 65.7 Å². The summed E-state index contributed by atoms with van der Waals surface area (Å²) in [5.41, 5.74) is 4.15. The van der Waals surface area contributed by atoms with E-state index in [4.69, 9.17) is 9.57 Å². The molecule has 9 heteroatoms. The monoisotopic (exact) mass is 463 g/mol. The summed E-state index contributed by atoms with van der Waals surface area (Å²) in [5, 5.41) is 7.05. The molecule has 1 atom stereocenters. The molecule has 0 radical (unpaired) electrons. The molecule has 1 aromatic heterocycles. The van der Waals surface area contributed by atoms with Crippen LogP contribution in [0.5, 0.6) is 5.75 Å². The first-order chi connectivity index (χ1) is 16.4. The maximum atomic E-state index is 13.4. The van der Waals surface area contributed by atoms with Gasteiger partial charge in [-0.1, -0.05) is 23.4 Å². The molecule has 1 fully saturated rings. The van der Waals surface area contributed by atoms with E-state index in [1.54, 1.807) is 25.6 Å². The summed E-state index contributed by atoms with van der Waals surface area (Å²) >= 11 is 0. The molecule has 2 amide bonds. The summed E-state index contributed by atoms with van der Waals surface area (Å²) < 4.78 is 20.9. The number of methoxy groups -OCH3 is 1. The van der Waals surface area contributed by atoms with Crippen molar-refractivity contribution in [3.8, 4) is 11.4 Å². The second-order valence-electron chi connectivity index (χ2n) is 7.88. The number of amides is 2. The topological polar surface area (TPSA) is 81.0 Å². The van der Waals surface area contributed by atoms with Crippen LogP contribution in [-0.2, 0) is 4.84 Å². The molecule has 0 aliphatic carbocycles. The molecule has 3 aromatic rings. The standard InChI is InChI=1S/C25H26FN5O3/c1-16-14-30(15-28-16)22-10-5-18(12-23(22)33-3)11-20-13-27-25(32)31(24(20)29-34-4)17(2)19-6-8-21(26)9-7-19/h5-12,14-15,17H,13H2,1-4H3,(H,27,32)/b20-11+,29-24?. The molecule has 0 saturated carbocycles. The maximum absolute atomic E-state index is 13.4. The number of rotatable bonds is 6. The van der Waals surface area contributed by atoms with Gasteiger partial charge >= 0.3 is 6.03 Å². The zero-order valence-electron chi connectivity index (χ0n) is 19.4. The number of nitrogens with one attached hydrogen (secondary N) is 1. The number of ether oxygens (including phenoxy) is 1. The van der Waals surface area contributed by atoms with E-state index in [-0.39, 0.29) is 18.4 Å². The average molecular weight is 464 g/mol. The Labute approximate surface area is 197 Å². The second-order valence-corrected chi connectivity index (χ2v) is 7.88. The van der Waals surface area contributed by atoms with Gasteiger partial charge in [-0.05, 0) is 55.3 Å². The number of carbonyl (C=O) groups is 1. The fraction of sp³-hybridized carbons (Fsp3) is 0.240. The van der Waals surface area contributed by atoms with Gasteiger partial charge in [0.25, 0.3) is 0 Å². The van der Waals surface area contributed by atoms with Crippen LogP contribution in [-0.4, -0.2) is 47.1 Å². The lowest BCUT2D eigenvalue weighted by Crippen LogP contribution is -2.52. The number of carbonyl (C=O) groups excluding carboxylic acids is 1. The lowest BCUT2D eigenvalue weighted by molar-refractivity contribution is 0.189. The van der Waals surface area contributed by atoms with Gasteiger partial charge in [-0.2, -0.15) is 0 Å². The van der Waals surface area contributed by atoms with Crippen molar-refractivity contribution in [2.24, 2.45) is 5.16 Å². The third-order valence-electron chi connectivity index (χ3n) is 5.62. The first-order valence-electron chi connectivity index (χ1n) is 10.7. The van der Waals surface area contributed by atoms with Crippen LogP contribution in [0.25, 0.3) is 11.8 Å². The van der Waals surface area contributed by atoms with Crippen molar-refractivity contribution in [1.29, 1.82) is 0 Å². The minimum atomic E-state index is -0.403. The number of aryl methyl sites for hydroxylation is 1. The summed E-state index contributed by atoms with van der Waals surface area (Å²) in [4.78, 5) is 23.7. The highest BCUT2D eigenvalue weighted by Gasteiger charge is 2.33. The average Bonchev–Trinajstić information content (AvgIpc) is 3.27. The third kappa shape index (κ3) is 4.63. The number of hydrogen-bond donors (Lipinski definition) is 1. The normalized spacial score (nSPS) is 17.1. The number of urea groups is 1. The van der Waals surface area contributed by atoms with Gasteiger partial charge in [0.05, 0.1) is 30.9 Å². The Morgan fingerprint density at radius 1 is 1.21 bits per heavy atom. The number of aromatic nitrogens is 2. The van der Waals surface area contributed by atoms with E-state index in [1.807, 2.05) is 48.9 Å². The predicted molar refractivity (Wildman–Crippen MR) is 127 cm³/mol. The van der Waals surface area contributed by atoms with Gasteiger partial charge < -0.3 is 19.5 Å². The summed E-state index contributed by atoms with van der Waals surface area (Å²) in [5.74, 6) is 0.721. The Morgan fingerprint density at radius 2 is 1.97 bits per heavy atom. The van der Waals surface area contributed by atoms with Crippen LogP contribution < -0.4 is 10.1 Å². The van der Waals surface area contributed by atoms with E-state index < -0.39 is 6.04 Å². The Balaban J connectivity index is 1.70. The number of nitrogens with zero attached hydrogens (tertiary/aromatic N) is 4. The minimum Gasteiger partial charge on any atom is -0.495 e. The van der Waals surface area contributed by atoms with Gasteiger partial charge in [-0.25, -0.2) is 14.2 Å². The van der Waals surface area contributed by atoms with E-state index in [0.29, 0.717) is 11.6 Å². The largest absolute Gasteiger partial charge is 0.495 e. The molecule has 176 valence electrons. The highest BCUT2D eigenvalue weighted by molar-refractivity contribution is 6.12. The number of imidazole rings is 1. The van der Waals surface area contributed by atoms with Gasteiger partial charge in [0.15, 0.2) is 5.84 Å². The van der Waals surface area contributed by atoms with Gasteiger partial charge in [-0.15, -0.1) is 0 Å². The molecule has 8 nitrogen and oxygen atoms in total. The molecule has 34 heavy (non-hydrogen) atoms. The third-order valence-corrected chi connectivity index (χ3v) is 5.62. The van der Waals surface area contributed by atoms with Crippen LogP contribution in [0.1, 0.15) is 29.8 Å². The molecule has 1 unspecified atom stereocenters. The zero-order chi connectivity index (χ0) is 24.2. The van der Waals surface area contributed by atoms with Gasteiger partial charge in [-0.3, -0.25) is 4.90 Å². The molecular formula is C25H26FN5O3. The zero-order valence-corrected chi connectivity index (χ0v) is 19.4. The Bertz CT molecular complexity index is 1250. The van der Waals surface area contributed by atoms with Crippen molar-refractivity contribution < 1.29 is 18.8 Å². The summed E-state index contributed by atoms with van der Waals surface area (Å²) in [6, 6.07) is 11.1. The van der Waals surface area contributed by atoms with Crippen LogP contribution in [0.4, 0.5) is 9.18 Å². The fourth-order valence-corrected chi connectivity index (χ4v) is 3.89. The summed E-state index contributed by atoms with van der Waals surface area (Å²) in [6.45, 7) is 4.05. The van der Waals surface area contributed by atoms with Crippen LogP contribution >= 0.6 is 0 Å². The van der Waals surface area contributed by atoms with Crippen molar-refractivity contribution >= 4 is 17.9 Å². The van der Waals surface area contributed by atoms with Crippen molar-refractivity contribution in [2.75, 3.05) is 20.8 Å². The molecule has 1 saturated heterocycles. The van der Waals surface area contributed by atoms with Gasteiger partial charge in [0.1, 0.15) is 18.7 Å². The first kappa shape index (κ1) is 23.0. The second kappa shape index (κ2) is 9.78. The van der Waals surface area contributed by atoms with E-state index in [1.165, 1.54) is 24.1 Å². The molecule has 0 bridgehead atoms. The number of oxime groups is 1. The molecule has 1 N–H and O–H groups in total. The fourth-order valence-electron chi connectivity index (χ4n) is 3.89. The van der Waals surface area contributed by atoms with Crippen LogP contribution in [0.2, 0.25) is 0 Å². The quantitative estimate of drug-likeness (QED) is 0.548. The SMILES string of the molecule is CON=C1/C(=C/c2ccc(-n3cnc(C)c3)c(OC)c2)CNC(=O)N1C(C)c1ccc(F)cc1. The Kier molecular flexibility index (Phi) is 6.62. The van der Waals surface area contributed by atoms with Crippen molar-refractivity contribution in [2.45, 2.75) is 19.9 Å². The van der Waals surface area contributed by atoms with Crippen molar-refractivity contribution in [1.82, 2.24) is 19.8 Å². The highest BCUT2D eigenvalue weighted by Crippen LogP contribution is 2.29. The molecular weight excluding hydrogens is 437 g/mol. The molecule has 2 aromatic carbocycles. The summed E-state index contributed by atoms with van der Waals surface area (Å²) in [6.07, 6.45) is 5.58. The van der Waals surface area contributed by atoms with Gasteiger partial charge in [0.2, 0.25) is 0 Å². The maximum Gasteiger partial charge on any atom is 0.324 e. The number of halogens is 1. The van der Waals surface area contributed by atoms with Gasteiger partial charge in [0, 0.05) is 18.3 Å². The number of amidine groups is 1. The highest BCUT2D eigenvalue weighted by atomic mass is 19.1. The predicted octanol–water partition coefficient (Wildman–Crippen LogP) is 4.46. The number of benzene rings is 2. The smallest absolute Gasteiger partial charge is 0.324 e. The number of hydrogen-bond acceptors (Lipinski definition) is 5. The van der Waals surface area contributed by atoms with Crippen LogP contribution in [0, 0.1) is 12.7 Å². The van der Waals surface area contributed by atoms with E-state index >= 15 is 0 Å². The molecule has 0 spiro atoms. The van der Waals surface area contributed by atoms with E-state index in [9.17, 15) is 9.18 Å². The lowest BCUT2D eigenvalue weighted by atomic mass is 10.0. The van der Waals surface area contributed by atoms with Crippen molar-refractivity contribution in [3.05, 3.63) is 83.2 Å². The van der Waals surface area contributed by atoms with Crippen LogP contribution in [0.3, 0.4) is 0 Å². The molecule has 1 aliphatic rings. The Morgan fingerprint density at radius 3 is 2.62 bits per heavy atom. The molecule has 2 heterocycles.